The number of nitrogens with zero attached hydrogens (tertiary/aromatic N) is 1. The summed E-state index contributed by atoms with van der Waals surface area (Å²) in [6.07, 6.45) is 0.811. The maximum absolute atomic E-state index is 12.5. The van der Waals surface area contributed by atoms with Crippen LogP contribution in [0.1, 0.15) is 23.5 Å². The van der Waals surface area contributed by atoms with Crippen molar-refractivity contribution in [2.45, 2.75) is 18.5 Å². The van der Waals surface area contributed by atoms with E-state index in [1.54, 1.807) is 0 Å². The highest BCUT2D eigenvalue weighted by Gasteiger charge is 2.45. The number of benzene rings is 1. The molecule has 1 fully saturated rings. The molecule has 98 valence electrons. The van der Waals surface area contributed by atoms with E-state index < -0.39 is 11.7 Å². The van der Waals surface area contributed by atoms with E-state index in [9.17, 15) is 18.4 Å². The van der Waals surface area contributed by atoms with Crippen LogP contribution in [0.25, 0.3) is 0 Å². The van der Waals surface area contributed by atoms with Crippen molar-refractivity contribution in [1.82, 2.24) is 0 Å². The summed E-state index contributed by atoms with van der Waals surface area (Å²) >= 11 is 0. The fourth-order valence-electron chi connectivity index (χ4n) is 3.35. The highest BCUT2D eigenvalue weighted by Crippen LogP contribution is 2.52. The van der Waals surface area contributed by atoms with Crippen molar-refractivity contribution in [3.05, 3.63) is 47.5 Å². The Balaban J connectivity index is 1.91. The fraction of sp³-hybridized carbons (Fsp3) is 0.400. The van der Waals surface area contributed by atoms with E-state index in [-0.39, 0.29) is 17.8 Å². The summed E-state index contributed by atoms with van der Waals surface area (Å²) in [6, 6.07) is 7.58. The topological polar surface area (TPSA) is 23.8 Å². The summed E-state index contributed by atoms with van der Waals surface area (Å²) in [7, 11) is 0. The lowest BCUT2D eigenvalue weighted by atomic mass is 9.79. The predicted octanol–water partition coefficient (Wildman–Crippen LogP) is 4.13. The average molecular weight is 263 g/mol. The molecule has 1 aromatic rings. The van der Waals surface area contributed by atoms with Crippen molar-refractivity contribution < 1.29 is 13.2 Å². The van der Waals surface area contributed by atoms with E-state index in [0.29, 0.717) is 5.92 Å². The third-order valence-corrected chi connectivity index (χ3v) is 4.23. The number of allylic oxidation sites excluding steroid dienone is 2. The summed E-state index contributed by atoms with van der Waals surface area (Å²) in [6.45, 7) is 0. The molecule has 0 heterocycles. The Morgan fingerprint density at radius 2 is 1.68 bits per heavy atom. The van der Waals surface area contributed by atoms with Crippen LogP contribution in [0.2, 0.25) is 0 Å². The van der Waals surface area contributed by atoms with Crippen molar-refractivity contribution >= 4 is 0 Å². The molecule has 2 aliphatic rings. The van der Waals surface area contributed by atoms with Crippen LogP contribution in [0.5, 0.6) is 0 Å². The van der Waals surface area contributed by atoms with Gasteiger partial charge in [0.1, 0.15) is 0 Å². The van der Waals surface area contributed by atoms with Gasteiger partial charge in [-0.15, -0.1) is 0 Å². The summed E-state index contributed by atoms with van der Waals surface area (Å²) < 4.78 is 37.6. The molecule has 0 aromatic heterocycles. The quantitative estimate of drug-likeness (QED) is 0.699. The zero-order chi connectivity index (χ0) is 13.6. The molecule has 1 aromatic carbocycles. The third-order valence-electron chi connectivity index (χ3n) is 4.23. The minimum Gasteiger partial charge on any atom is -0.198 e. The van der Waals surface area contributed by atoms with Crippen LogP contribution < -0.4 is 0 Å². The monoisotopic (exact) mass is 263 g/mol. The zero-order valence-corrected chi connectivity index (χ0v) is 10.1. The van der Waals surface area contributed by atoms with Crippen LogP contribution in [0.15, 0.2) is 36.4 Å². The maximum atomic E-state index is 12.5. The molecule has 4 atom stereocenters. The van der Waals surface area contributed by atoms with E-state index in [2.05, 4.69) is 18.2 Å². The Hall–Kier alpha value is -1.76. The molecule has 0 aliphatic heterocycles. The molecular weight excluding hydrogens is 251 g/mol. The van der Waals surface area contributed by atoms with Gasteiger partial charge in [-0.25, -0.2) is 0 Å². The van der Waals surface area contributed by atoms with E-state index in [0.717, 1.165) is 24.1 Å². The van der Waals surface area contributed by atoms with Crippen molar-refractivity contribution in [2.75, 3.05) is 0 Å². The molecule has 1 saturated carbocycles. The second-order valence-corrected chi connectivity index (χ2v) is 5.25. The van der Waals surface area contributed by atoms with E-state index in [1.807, 2.05) is 0 Å². The largest absolute Gasteiger partial charge is 0.416 e. The number of alkyl halides is 3. The Morgan fingerprint density at radius 3 is 2.26 bits per heavy atom. The van der Waals surface area contributed by atoms with Gasteiger partial charge in [-0.1, -0.05) is 24.3 Å². The number of halogens is 3. The molecule has 4 heteroatoms. The van der Waals surface area contributed by atoms with Gasteiger partial charge in [0, 0.05) is 5.92 Å². The number of rotatable bonds is 1. The summed E-state index contributed by atoms with van der Waals surface area (Å²) in [5, 5.41) is 9.24. The van der Waals surface area contributed by atoms with Crippen LogP contribution in [0, 0.1) is 29.1 Å². The Bertz CT molecular complexity index is 550. The van der Waals surface area contributed by atoms with Gasteiger partial charge in [-0.3, -0.25) is 0 Å². The van der Waals surface area contributed by atoms with Crippen LogP contribution in [-0.4, -0.2) is 0 Å². The van der Waals surface area contributed by atoms with Gasteiger partial charge in [0.2, 0.25) is 0 Å². The molecule has 0 unspecified atom stereocenters. The molecular formula is C15H12F3N. The summed E-state index contributed by atoms with van der Waals surface area (Å²) in [5.41, 5.74) is 0.208. The van der Waals surface area contributed by atoms with Gasteiger partial charge in [0.05, 0.1) is 17.6 Å². The van der Waals surface area contributed by atoms with Crippen molar-refractivity contribution in [2.24, 2.45) is 17.8 Å². The van der Waals surface area contributed by atoms with Gasteiger partial charge in [-0.2, -0.15) is 18.4 Å². The van der Waals surface area contributed by atoms with E-state index in [1.165, 1.54) is 12.1 Å². The first-order valence-corrected chi connectivity index (χ1v) is 6.26. The number of hydrogen-bond acceptors (Lipinski definition) is 1. The van der Waals surface area contributed by atoms with Crippen LogP contribution in [-0.2, 0) is 6.18 Å². The minimum atomic E-state index is -4.30. The number of nitriles is 1. The lowest BCUT2D eigenvalue weighted by Crippen LogP contribution is -2.16. The fourth-order valence-corrected chi connectivity index (χ4v) is 3.35. The minimum absolute atomic E-state index is 0.0438. The SMILES string of the molecule is N#C[C@@H]1[C@H](c2ccc(C(F)(F)F)cc2)[C@H]2C=C[C@@H]1C2. The first-order valence-electron chi connectivity index (χ1n) is 6.26. The third kappa shape index (κ3) is 1.94. The lowest BCUT2D eigenvalue weighted by molar-refractivity contribution is -0.137. The summed E-state index contributed by atoms with van der Waals surface area (Å²) in [5.74, 6) is 0.502. The molecule has 1 nitrogen and oxygen atoms in total. The van der Waals surface area contributed by atoms with Crippen LogP contribution in [0.3, 0.4) is 0 Å². The molecule has 2 aliphatic carbocycles. The Labute approximate surface area is 109 Å². The maximum Gasteiger partial charge on any atom is 0.416 e. The highest BCUT2D eigenvalue weighted by molar-refractivity contribution is 5.34. The van der Waals surface area contributed by atoms with Crippen molar-refractivity contribution in [3.8, 4) is 6.07 Å². The first kappa shape index (κ1) is 12.3. The molecule has 0 radical (unpaired) electrons. The van der Waals surface area contributed by atoms with E-state index in [4.69, 9.17) is 0 Å². The van der Waals surface area contributed by atoms with Crippen molar-refractivity contribution in [1.29, 1.82) is 5.26 Å². The molecule has 2 bridgehead atoms. The van der Waals surface area contributed by atoms with Gasteiger partial charge in [0.15, 0.2) is 0 Å². The van der Waals surface area contributed by atoms with Gasteiger partial charge >= 0.3 is 6.18 Å². The normalized spacial score (nSPS) is 32.5. The average Bonchev–Trinajstić information content (AvgIpc) is 2.97. The Morgan fingerprint density at radius 1 is 1.05 bits per heavy atom. The summed E-state index contributed by atoms with van der Waals surface area (Å²) in [4.78, 5) is 0. The highest BCUT2D eigenvalue weighted by atomic mass is 19.4. The van der Waals surface area contributed by atoms with Gasteiger partial charge in [0.25, 0.3) is 0 Å². The molecule has 0 spiro atoms. The molecule has 0 saturated heterocycles. The second-order valence-electron chi connectivity index (χ2n) is 5.25. The van der Waals surface area contributed by atoms with E-state index >= 15 is 0 Å². The van der Waals surface area contributed by atoms with Gasteiger partial charge < -0.3 is 0 Å². The zero-order valence-electron chi connectivity index (χ0n) is 10.1. The smallest absolute Gasteiger partial charge is 0.198 e. The molecule has 3 rings (SSSR count). The van der Waals surface area contributed by atoms with Gasteiger partial charge in [-0.05, 0) is 36.0 Å². The second kappa shape index (κ2) is 4.12. The lowest BCUT2D eigenvalue weighted by Gasteiger charge is -2.23. The molecule has 0 amide bonds. The van der Waals surface area contributed by atoms with Crippen molar-refractivity contribution in [3.63, 3.8) is 0 Å². The molecule has 0 N–H and O–H groups in total. The standard InChI is InChI=1S/C15H12F3N/c16-15(17,18)12-5-3-9(4-6-12)14-11-2-1-10(7-11)13(14)8-19/h1-6,10-11,13-14H,7H2/t10-,11+,13+,14-/m1/s1. The van der Waals surface area contributed by atoms with Crippen LogP contribution >= 0.6 is 0 Å². The molecule has 19 heavy (non-hydrogen) atoms. The number of fused-ring (bicyclic) bond motifs is 2. The first-order chi connectivity index (χ1) is 9.00. The Kier molecular flexibility index (Phi) is 2.67. The van der Waals surface area contributed by atoms with Crippen LogP contribution in [0.4, 0.5) is 13.2 Å². The predicted molar refractivity (Wildman–Crippen MR) is 64.0 cm³/mol. The number of hydrogen-bond donors (Lipinski definition) is 0.